The Labute approximate surface area is 144 Å². The highest BCUT2D eigenvalue weighted by Crippen LogP contribution is 2.48. The highest BCUT2D eigenvalue weighted by molar-refractivity contribution is 5.86. The lowest BCUT2D eigenvalue weighted by Crippen LogP contribution is -2.57. The Balaban J connectivity index is 1.78. The van der Waals surface area contributed by atoms with Crippen molar-refractivity contribution in [1.29, 1.82) is 0 Å². The number of hydrogen-bond acceptors (Lipinski definition) is 4. The quantitative estimate of drug-likeness (QED) is 0.834. The van der Waals surface area contributed by atoms with Crippen LogP contribution in [-0.4, -0.2) is 37.5 Å². The maximum absolute atomic E-state index is 13.0. The summed E-state index contributed by atoms with van der Waals surface area (Å²) in [4.78, 5) is 15.6. The van der Waals surface area contributed by atoms with Crippen molar-refractivity contribution in [2.45, 2.75) is 51.1 Å². The van der Waals surface area contributed by atoms with Gasteiger partial charge in [0.2, 0.25) is 0 Å². The summed E-state index contributed by atoms with van der Waals surface area (Å²) < 4.78 is 11.0. The monoisotopic (exact) mass is 329 g/mol. The van der Waals surface area contributed by atoms with Gasteiger partial charge in [-0.25, -0.2) is 0 Å². The van der Waals surface area contributed by atoms with Crippen molar-refractivity contribution >= 4 is 5.78 Å². The molecule has 1 aromatic rings. The van der Waals surface area contributed by atoms with Gasteiger partial charge in [0, 0.05) is 30.5 Å². The molecule has 0 radical (unpaired) electrons. The van der Waals surface area contributed by atoms with E-state index in [2.05, 4.69) is 24.0 Å². The van der Waals surface area contributed by atoms with E-state index in [4.69, 9.17) is 9.47 Å². The molecule has 4 unspecified atom stereocenters. The zero-order chi connectivity index (χ0) is 16.8. The SMILES string of the molecule is COc1cc2c(cc1OC)C1C(C)C(=O)C3CCCCC3N1CC2. The van der Waals surface area contributed by atoms with Crippen molar-refractivity contribution in [1.82, 2.24) is 4.90 Å². The Bertz CT molecular complexity index is 657. The maximum Gasteiger partial charge on any atom is 0.161 e. The van der Waals surface area contributed by atoms with E-state index < -0.39 is 0 Å². The fraction of sp³-hybridized carbons (Fsp3) is 0.650. The van der Waals surface area contributed by atoms with Gasteiger partial charge in [0.1, 0.15) is 5.78 Å². The minimum Gasteiger partial charge on any atom is -0.493 e. The van der Waals surface area contributed by atoms with E-state index in [1.165, 1.54) is 30.4 Å². The summed E-state index contributed by atoms with van der Waals surface area (Å²) in [5.41, 5.74) is 2.58. The molecule has 2 fully saturated rings. The molecule has 4 nitrogen and oxygen atoms in total. The van der Waals surface area contributed by atoms with Gasteiger partial charge in [-0.3, -0.25) is 9.69 Å². The van der Waals surface area contributed by atoms with Crippen LogP contribution in [-0.2, 0) is 11.2 Å². The highest BCUT2D eigenvalue weighted by atomic mass is 16.5. The summed E-state index contributed by atoms with van der Waals surface area (Å²) in [5.74, 6) is 2.34. The van der Waals surface area contributed by atoms with Crippen LogP contribution in [0.3, 0.4) is 0 Å². The van der Waals surface area contributed by atoms with Gasteiger partial charge in [0.15, 0.2) is 11.5 Å². The first-order valence-corrected chi connectivity index (χ1v) is 9.20. The molecule has 3 aliphatic rings. The molecule has 1 aliphatic carbocycles. The fourth-order valence-electron chi connectivity index (χ4n) is 5.26. The van der Waals surface area contributed by atoms with Crippen LogP contribution in [0.5, 0.6) is 11.5 Å². The number of nitrogens with zero attached hydrogens (tertiary/aromatic N) is 1. The van der Waals surface area contributed by atoms with Gasteiger partial charge in [-0.2, -0.15) is 0 Å². The van der Waals surface area contributed by atoms with Crippen molar-refractivity contribution < 1.29 is 14.3 Å². The standard InChI is InChI=1S/C20H27NO3/c1-12-19-15-11-18(24-3)17(23-2)10-13(15)8-9-21(19)16-7-5-4-6-14(16)20(12)22/h10-12,14,16,19H,4-9H2,1-3H3. The molecule has 0 spiro atoms. The molecular formula is C20H27NO3. The summed E-state index contributed by atoms with van der Waals surface area (Å²) in [6.07, 6.45) is 5.74. The van der Waals surface area contributed by atoms with E-state index in [0.29, 0.717) is 11.8 Å². The lowest BCUT2D eigenvalue weighted by atomic mass is 9.68. The number of piperidine rings is 1. The number of Topliss-reactive ketones (excluding diaryl/α,β-unsaturated/α-hetero) is 1. The Morgan fingerprint density at radius 2 is 1.79 bits per heavy atom. The summed E-state index contributed by atoms with van der Waals surface area (Å²) >= 11 is 0. The lowest BCUT2D eigenvalue weighted by molar-refractivity contribution is -0.141. The van der Waals surface area contributed by atoms with Gasteiger partial charge in [-0.1, -0.05) is 19.8 Å². The van der Waals surface area contributed by atoms with Gasteiger partial charge in [0.25, 0.3) is 0 Å². The molecular weight excluding hydrogens is 302 g/mol. The largest absolute Gasteiger partial charge is 0.493 e. The lowest BCUT2D eigenvalue weighted by Gasteiger charge is -2.53. The molecule has 0 aromatic heterocycles. The van der Waals surface area contributed by atoms with Gasteiger partial charge < -0.3 is 9.47 Å². The molecule has 4 rings (SSSR count). The van der Waals surface area contributed by atoms with Crippen molar-refractivity contribution in [2.24, 2.45) is 11.8 Å². The molecule has 2 aliphatic heterocycles. The van der Waals surface area contributed by atoms with E-state index in [0.717, 1.165) is 30.9 Å². The Morgan fingerprint density at radius 3 is 2.54 bits per heavy atom. The van der Waals surface area contributed by atoms with Crippen LogP contribution in [0.15, 0.2) is 12.1 Å². The average Bonchev–Trinajstić information content (AvgIpc) is 2.64. The molecule has 2 heterocycles. The van der Waals surface area contributed by atoms with Gasteiger partial charge in [0.05, 0.1) is 14.2 Å². The van der Waals surface area contributed by atoms with E-state index in [1.807, 2.05) is 0 Å². The van der Waals surface area contributed by atoms with Crippen LogP contribution in [0.25, 0.3) is 0 Å². The molecule has 0 bridgehead atoms. The van der Waals surface area contributed by atoms with Crippen LogP contribution in [0.1, 0.15) is 49.8 Å². The Kier molecular flexibility index (Phi) is 4.03. The maximum atomic E-state index is 13.0. The van der Waals surface area contributed by atoms with Crippen molar-refractivity contribution in [3.63, 3.8) is 0 Å². The number of rotatable bonds is 2. The second-order valence-electron chi connectivity index (χ2n) is 7.49. The molecule has 4 atom stereocenters. The number of fused-ring (bicyclic) bond motifs is 5. The topological polar surface area (TPSA) is 38.8 Å². The summed E-state index contributed by atoms with van der Waals surface area (Å²) in [7, 11) is 3.36. The van der Waals surface area contributed by atoms with Gasteiger partial charge in [-0.05, 0) is 42.5 Å². The molecule has 24 heavy (non-hydrogen) atoms. The highest BCUT2D eigenvalue weighted by Gasteiger charge is 2.49. The molecule has 0 N–H and O–H groups in total. The van der Waals surface area contributed by atoms with E-state index in [-0.39, 0.29) is 17.9 Å². The zero-order valence-electron chi connectivity index (χ0n) is 14.9. The average molecular weight is 329 g/mol. The summed E-state index contributed by atoms with van der Waals surface area (Å²) in [6.45, 7) is 3.17. The summed E-state index contributed by atoms with van der Waals surface area (Å²) in [5, 5.41) is 0. The van der Waals surface area contributed by atoms with E-state index >= 15 is 0 Å². The zero-order valence-corrected chi connectivity index (χ0v) is 14.9. The number of ketones is 1. The Hall–Kier alpha value is -1.55. The van der Waals surface area contributed by atoms with Crippen LogP contribution in [0, 0.1) is 11.8 Å². The number of methoxy groups -OCH3 is 2. The normalized spacial score (nSPS) is 32.5. The number of ether oxygens (including phenoxy) is 2. The van der Waals surface area contributed by atoms with Crippen molar-refractivity contribution in [3.05, 3.63) is 23.3 Å². The number of carbonyl (C=O) groups is 1. The number of hydrogen-bond donors (Lipinski definition) is 0. The minimum atomic E-state index is 0.0569. The Morgan fingerprint density at radius 1 is 1.08 bits per heavy atom. The van der Waals surface area contributed by atoms with Crippen LogP contribution < -0.4 is 9.47 Å². The molecule has 4 heteroatoms. The van der Waals surface area contributed by atoms with Gasteiger partial charge in [-0.15, -0.1) is 0 Å². The number of carbonyl (C=O) groups excluding carboxylic acids is 1. The van der Waals surface area contributed by atoms with Crippen LogP contribution in [0.4, 0.5) is 0 Å². The first-order valence-electron chi connectivity index (χ1n) is 9.20. The van der Waals surface area contributed by atoms with Crippen molar-refractivity contribution in [3.8, 4) is 11.5 Å². The number of benzene rings is 1. The van der Waals surface area contributed by atoms with Crippen molar-refractivity contribution in [2.75, 3.05) is 20.8 Å². The second kappa shape index (κ2) is 6.07. The van der Waals surface area contributed by atoms with E-state index in [1.54, 1.807) is 14.2 Å². The third-order valence-corrected chi connectivity index (χ3v) is 6.40. The predicted molar refractivity (Wildman–Crippen MR) is 92.6 cm³/mol. The van der Waals surface area contributed by atoms with E-state index in [9.17, 15) is 4.79 Å². The second-order valence-corrected chi connectivity index (χ2v) is 7.49. The molecule has 1 saturated carbocycles. The predicted octanol–water partition coefficient (Wildman–Crippen LogP) is 3.38. The van der Waals surface area contributed by atoms with Crippen LogP contribution in [0.2, 0.25) is 0 Å². The molecule has 1 saturated heterocycles. The minimum absolute atomic E-state index is 0.0569. The molecule has 0 amide bonds. The van der Waals surface area contributed by atoms with Crippen LogP contribution >= 0.6 is 0 Å². The first-order chi connectivity index (χ1) is 11.7. The molecule has 130 valence electrons. The molecule has 1 aromatic carbocycles. The smallest absolute Gasteiger partial charge is 0.161 e. The third-order valence-electron chi connectivity index (χ3n) is 6.40. The summed E-state index contributed by atoms with van der Waals surface area (Å²) in [6, 6.07) is 4.85. The fourth-order valence-corrected chi connectivity index (χ4v) is 5.26. The van der Waals surface area contributed by atoms with Gasteiger partial charge >= 0.3 is 0 Å². The first kappa shape index (κ1) is 15.9. The third kappa shape index (κ3) is 2.26.